The summed E-state index contributed by atoms with van der Waals surface area (Å²) in [5.41, 5.74) is 0. The van der Waals surface area contributed by atoms with E-state index in [1.807, 2.05) is 0 Å². The Labute approximate surface area is 94.4 Å². The molecule has 0 rings (SSSR count). The molecule has 0 saturated heterocycles. The van der Waals surface area contributed by atoms with E-state index in [-0.39, 0.29) is 38.0 Å². The van der Waals surface area contributed by atoms with Crippen LogP contribution in [0.2, 0.25) is 0 Å². The number of carbonyl (C=O) groups is 1. The Morgan fingerprint density at radius 3 is 2.53 bits per heavy atom. The third-order valence-corrected chi connectivity index (χ3v) is 1.60. The molecule has 0 aromatic heterocycles. The molecule has 0 radical (unpaired) electrons. The van der Waals surface area contributed by atoms with Crippen molar-refractivity contribution < 1.29 is 18.3 Å². The number of nitrogens with one attached hydrogen (secondary N) is 1. The first-order valence-corrected chi connectivity index (χ1v) is 4.31. The van der Waals surface area contributed by atoms with E-state index >= 15 is 0 Å². The number of nitrogens with zero attached hydrogens (tertiary/aromatic N) is 1. The maximum atomic E-state index is 12.1. The van der Waals surface area contributed by atoms with Gasteiger partial charge in [0.15, 0.2) is 0 Å². The van der Waals surface area contributed by atoms with E-state index in [0.29, 0.717) is 0 Å². The first kappa shape index (κ1) is 17.0. The van der Waals surface area contributed by atoms with Gasteiger partial charge in [-0.15, -0.1) is 12.4 Å². The third kappa shape index (κ3) is 8.53. The molecule has 0 aliphatic carbocycles. The Kier molecular flexibility index (Phi) is 11.4. The molecule has 7 heteroatoms. The summed E-state index contributed by atoms with van der Waals surface area (Å²) in [5.74, 6) is -0.343. The predicted octanol–water partition coefficient (Wildman–Crippen LogP) is 0.368. The van der Waals surface area contributed by atoms with Gasteiger partial charge < -0.3 is 15.0 Å². The van der Waals surface area contributed by atoms with E-state index in [1.54, 1.807) is 7.05 Å². The van der Waals surface area contributed by atoms with Gasteiger partial charge in [-0.2, -0.15) is 0 Å². The number of hydrogen-bond acceptors (Lipinski definition) is 3. The Bertz CT molecular complexity index is 173. The second kappa shape index (κ2) is 10.1. The SMILES string of the molecule is CNCC(=O)N(CCOC)CC(F)F.Cl. The highest BCUT2D eigenvalue weighted by atomic mass is 35.5. The van der Waals surface area contributed by atoms with Crippen LogP contribution >= 0.6 is 12.4 Å². The van der Waals surface area contributed by atoms with Crippen LogP contribution in [-0.2, 0) is 9.53 Å². The lowest BCUT2D eigenvalue weighted by Crippen LogP contribution is -2.41. The van der Waals surface area contributed by atoms with Gasteiger partial charge in [0.25, 0.3) is 6.43 Å². The maximum absolute atomic E-state index is 12.1. The van der Waals surface area contributed by atoms with Gasteiger partial charge >= 0.3 is 0 Å². The molecule has 0 heterocycles. The summed E-state index contributed by atoms with van der Waals surface area (Å²) in [4.78, 5) is 12.3. The van der Waals surface area contributed by atoms with Crippen LogP contribution in [0.25, 0.3) is 0 Å². The van der Waals surface area contributed by atoms with Gasteiger partial charge in [-0.25, -0.2) is 8.78 Å². The van der Waals surface area contributed by atoms with E-state index < -0.39 is 13.0 Å². The number of carbonyl (C=O) groups excluding carboxylic acids is 1. The molecule has 0 unspecified atom stereocenters. The van der Waals surface area contributed by atoms with Gasteiger partial charge in [0.2, 0.25) is 5.91 Å². The normalized spacial score (nSPS) is 9.93. The van der Waals surface area contributed by atoms with E-state index in [0.717, 1.165) is 4.90 Å². The van der Waals surface area contributed by atoms with Crippen LogP contribution in [0.3, 0.4) is 0 Å². The van der Waals surface area contributed by atoms with Crippen molar-refractivity contribution in [2.24, 2.45) is 0 Å². The molecular formula is C8H17ClF2N2O2. The minimum absolute atomic E-state index is 0. The number of alkyl halides is 2. The van der Waals surface area contributed by atoms with Crippen molar-refractivity contribution in [2.75, 3.05) is 40.4 Å². The smallest absolute Gasteiger partial charge is 0.255 e. The first-order valence-electron chi connectivity index (χ1n) is 4.31. The van der Waals surface area contributed by atoms with Crippen molar-refractivity contribution >= 4 is 18.3 Å². The molecule has 0 aromatic rings. The highest BCUT2D eigenvalue weighted by Crippen LogP contribution is 1.98. The van der Waals surface area contributed by atoms with E-state index in [1.165, 1.54) is 7.11 Å². The second-order valence-electron chi connectivity index (χ2n) is 2.75. The lowest BCUT2D eigenvalue weighted by Gasteiger charge is -2.21. The molecule has 0 bridgehead atoms. The minimum atomic E-state index is -2.51. The summed E-state index contributed by atoms with van der Waals surface area (Å²) >= 11 is 0. The molecule has 0 atom stereocenters. The minimum Gasteiger partial charge on any atom is -0.383 e. The largest absolute Gasteiger partial charge is 0.383 e. The van der Waals surface area contributed by atoms with Gasteiger partial charge in [-0.05, 0) is 7.05 Å². The fourth-order valence-electron chi connectivity index (χ4n) is 0.949. The van der Waals surface area contributed by atoms with Crippen molar-refractivity contribution in [3.05, 3.63) is 0 Å². The summed E-state index contributed by atoms with van der Waals surface area (Å²) in [7, 11) is 3.05. The summed E-state index contributed by atoms with van der Waals surface area (Å²) in [6, 6.07) is 0. The lowest BCUT2D eigenvalue weighted by atomic mass is 10.4. The molecule has 4 nitrogen and oxygen atoms in total. The number of amides is 1. The Hall–Kier alpha value is -0.460. The van der Waals surface area contributed by atoms with Gasteiger partial charge in [0.1, 0.15) is 0 Å². The van der Waals surface area contributed by atoms with Crippen LogP contribution in [0.4, 0.5) is 8.78 Å². The van der Waals surface area contributed by atoms with Gasteiger partial charge in [0, 0.05) is 13.7 Å². The molecular weight excluding hydrogens is 230 g/mol. The summed E-state index contributed by atoms with van der Waals surface area (Å²) < 4.78 is 28.8. The quantitative estimate of drug-likeness (QED) is 0.706. The zero-order chi connectivity index (χ0) is 11.0. The molecule has 0 saturated carbocycles. The Balaban J connectivity index is 0. The van der Waals surface area contributed by atoms with Crippen molar-refractivity contribution in [1.29, 1.82) is 0 Å². The van der Waals surface area contributed by atoms with Crippen LogP contribution in [0, 0.1) is 0 Å². The van der Waals surface area contributed by atoms with E-state index in [4.69, 9.17) is 4.74 Å². The molecule has 0 aliphatic heterocycles. The van der Waals surface area contributed by atoms with Crippen molar-refractivity contribution in [1.82, 2.24) is 10.2 Å². The van der Waals surface area contributed by atoms with Gasteiger partial charge in [-0.1, -0.05) is 0 Å². The first-order chi connectivity index (χ1) is 6.61. The van der Waals surface area contributed by atoms with Gasteiger partial charge in [0.05, 0.1) is 19.7 Å². The Morgan fingerprint density at radius 2 is 2.13 bits per heavy atom. The maximum Gasteiger partial charge on any atom is 0.255 e. The molecule has 15 heavy (non-hydrogen) atoms. The van der Waals surface area contributed by atoms with E-state index in [9.17, 15) is 13.6 Å². The second-order valence-corrected chi connectivity index (χ2v) is 2.75. The van der Waals surface area contributed by atoms with Crippen LogP contribution in [0.1, 0.15) is 0 Å². The van der Waals surface area contributed by atoms with Crippen LogP contribution in [-0.4, -0.2) is 57.6 Å². The van der Waals surface area contributed by atoms with Crippen molar-refractivity contribution in [2.45, 2.75) is 6.43 Å². The van der Waals surface area contributed by atoms with E-state index in [2.05, 4.69) is 5.32 Å². The summed E-state index contributed by atoms with van der Waals surface area (Å²) in [6.45, 7) is -0.0101. The highest BCUT2D eigenvalue weighted by molar-refractivity contribution is 5.85. The molecule has 1 N–H and O–H groups in total. The van der Waals surface area contributed by atoms with Gasteiger partial charge in [-0.3, -0.25) is 4.79 Å². The van der Waals surface area contributed by atoms with Crippen molar-refractivity contribution in [3.63, 3.8) is 0 Å². The molecule has 0 aromatic carbocycles. The standard InChI is InChI=1S/C8H16F2N2O2.ClH/c1-11-5-8(13)12(3-4-14-2)6-7(9)10;/h7,11H,3-6H2,1-2H3;1H. The third-order valence-electron chi connectivity index (χ3n) is 1.60. The number of likely N-dealkylation sites (N-methyl/N-ethyl adjacent to an activating group) is 1. The van der Waals surface area contributed by atoms with Crippen LogP contribution in [0.15, 0.2) is 0 Å². The summed E-state index contributed by atoms with van der Waals surface area (Å²) in [5, 5.41) is 2.62. The molecule has 0 spiro atoms. The average molecular weight is 247 g/mol. The monoisotopic (exact) mass is 246 g/mol. The molecule has 92 valence electrons. The fourth-order valence-corrected chi connectivity index (χ4v) is 0.949. The summed E-state index contributed by atoms with van der Waals surface area (Å²) in [6.07, 6.45) is -2.51. The molecule has 1 amide bonds. The van der Waals surface area contributed by atoms with Crippen LogP contribution in [0.5, 0.6) is 0 Å². The van der Waals surface area contributed by atoms with Crippen LogP contribution < -0.4 is 5.32 Å². The fraction of sp³-hybridized carbons (Fsp3) is 0.875. The number of methoxy groups -OCH3 is 1. The number of hydrogen-bond donors (Lipinski definition) is 1. The Morgan fingerprint density at radius 1 is 1.53 bits per heavy atom. The van der Waals surface area contributed by atoms with Crippen molar-refractivity contribution in [3.8, 4) is 0 Å². The zero-order valence-corrected chi connectivity index (χ0v) is 9.65. The average Bonchev–Trinajstić information content (AvgIpc) is 2.12. The zero-order valence-electron chi connectivity index (χ0n) is 8.83. The highest BCUT2D eigenvalue weighted by Gasteiger charge is 2.16. The lowest BCUT2D eigenvalue weighted by molar-refractivity contribution is -0.132. The topological polar surface area (TPSA) is 41.6 Å². The number of ether oxygens (including phenoxy) is 1. The molecule has 0 fully saturated rings. The molecule has 0 aliphatic rings. The number of halogens is 3. The number of rotatable bonds is 7. The predicted molar refractivity (Wildman–Crippen MR) is 55.6 cm³/mol.